The third kappa shape index (κ3) is 3.95. The van der Waals surface area contributed by atoms with E-state index in [0.717, 1.165) is 47.6 Å². The second-order valence-corrected chi connectivity index (χ2v) is 6.91. The number of aliphatic hydroxyl groups excluding tert-OH is 1. The Bertz CT molecular complexity index is 405. The van der Waals surface area contributed by atoms with Crippen molar-refractivity contribution in [2.24, 2.45) is 5.92 Å². The lowest BCUT2D eigenvalue weighted by molar-refractivity contribution is 0.284. The number of aromatic nitrogens is 1. The number of aliphatic hydroxyl groups is 1. The van der Waals surface area contributed by atoms with E-state index in [1.54, 1.807) is 11.3 Å². The van der Waals surface area contributed by atoms with E-state index in [9.17, 15) is 5.11 Å². The number of nitrogens with zero attached hydrogens (tertiary/aromatic N) is 2. The summed E-state index contributed by atoms with van der Waals surface area (Å²) in [4.78, 5) is 8.30. The van der Waals surface area contributed by atoms with E-state index in [1.165, 1.54) is 32.1 Å². The van der Waals surface area contributed by atoms with Crippen LogP contribution in [0.4, 0.5) is 5.13 Å². The van der Waals surface area contributed by atoms with Crippen LogP contribution in [0.3, 0.4) is 0 Å². The van der Waals surface area contributed by atoms with Crippen LogP contribution in [0.5, 0.6) is 0 Å². The molecule has 3 nitrogen and oxygen atoms in total. The molecule has 0 aliphatic carbocycles. The van der Waals surface area contributed by atoms with Crippen LogP contribution in [-0.4, -0.2) is 23.2 Å². The predicted octanol–water partition coefficient (Wildman–Crippen LogP) is 3.99. The molecule has 1 saturated heterocycles. The highest BCUT2D eigenvalue weighted by Crippen LogP contribution is 2.31. The topological polar surface area (TPSA) is 36.4 Å². The average molecular weight is 296 g/mol. The van der Waals surface area contributed by atoms with Crippen molar-refractivity contribution < 1.29 is 5.11 Å². The van der Waals surface area contributed by atoms with Crippen LogP contribution in [0.25, 0.3) is 0 Å². The Kier molecular flexibility index (Phi) is 6.30. The van der Waals surface area contributed by atoms with E-state index in [2.05, 4.69) is 18.7 Å². The third-order valence-corrected chi connectivity index (χ3v) is 5.36. The lowest BCUT2D eigenvalue weighted by Gasteiger charge is -2.19. The van der Waals surface area contributed by atoms with Gasteiger partial charge in [-0.25, -0.2) is 4.98 Å². The number of hydrogen-bond donors (Lipinski definition) is 1. The monoisotopic (exact) mass is 296 g/mol. The van der Waals surface area contributed by atoms with Crippen LogP contribution in [0.15, 0.2) is 0 Å². The Morgan fingerprint density at radius 3 is 2.80 bits per heavy atom. The van der Waals surface area contributed by atoms with Crippen LogP contribution in [0.2, 0.25) is 0 Å². The Morgan fingerprint density at radius 2 is 2.10 bits per heavy atom. The average Bonchev–Trinajstić information content (AvgIpc) is 2.71. The van der Waals surface area contributed by atoms with Crippen molar-refractivity contribution in [1.29, 1.82) is 0 Å². The Balaban J connectivity index is 2.03. The fourth-order valence-corrected chi connectivity index (χ4v) is 4.13. The van der Waals surface area contributed by atoms with Crippen LogP contribution in [0.1, 0.15) is 62.9 Å². The predicted molar refractivity (Wildman–Crippen MR) is 86.5 cm³/mol. The number of hydrogen-bond acceptors (Lipinski definition) is 4. The SMILES string of the molecule is CCCc1nc(N2CCCC(CCC)CC2)sc1CO. The number of anilines is 1. The molecule has 0 amide bonds. The van der Waals surface area contributed by atoms with Gasteiger partial charge in [0.05, 0.1) is 17.2 Å². The molecule has 20 heavy (non-hydrogen) atoms. The van der Waals surface area contributed by atoms with Crippen LogP contribution in [0, 0.1) is 5.92 Å². The Labute approximate surface area is 127 Å². The van der Waals surface area contributed by atoms with Crippen LogP contribution in [-0.2, 0) is 13.0 Å². The molecule has 2 rings (SSSR count). The summed E-state index contributed by atoms with van der Waals surface area (Å²) in [5, 5.41) is 10.6. The van der Waals surface area contributed by atoms with E-state index in [1.807, 2.05) is 0 Å². The molecule has 1 aromatic rings. The van der Waals surface area contributed by atoms with Crippen molar-refractivity contribution >= 4 is 16.5 Å². The maximum Gasteiger partial charge on any atom is 0.185 e. The van der Waals surface area contributed by atoms with Crippen molar-refractivity contribution in [3.05, 3.63) is 10.6 Å². The fourth-order valence-electron chi connectivity index (χ4n) is 3.11. The molecule has 114 valence electrons. The summed E-state index contributed by atoms with van der Waals surface area (Å²) >= 11 is 1.69. The van der Waals surface area contributed by atoms with Crippen molar-refractivity contribution in [2.75, 3.05) is 18.0 Å². The van der Waals surface area contributed by atoms with E-state index in [-0.39, 0.29) is 6.61 Å². The first-order valence-electron chi connectivity index (χ1n) is 8.12. The summed E-state index contributed by atoms with van der Waals surface area (Å²) in [5.41, 5.74) is 1.12. The van der Waals surface area contributed by atoms with Gasteiger partial charge in [0.15, 0.2) is 5.13 Å². The van der Waals surface area contributed by atoms with Gasteiger partial charge in [0, 0.05) is 13.1 Å². The van der Waals surface area contributed by atoms with Crippen molar-refractivity contribution in [3.63, 3.8) is 0 Å². The van der Waals surface area contributed by atoms with Gasteiger partial charge in [-0.1, -0.05) is 44.4 Å². The molecule has 1 atom stereocenters. The summed E-state index contributed by atoms with van der Waals surface area (Å²) < 4.78 is 0. The second kappa shape index (κ2) is 7.99. The molecule has 0 saturated carbocycles. The summed E-state index contributed by atoms with van der Waals surface area (Å²) in [6, 6.07) is 0. The first-order chi connectivity index (χ1) is 9.78. The molecule has 4 heteroatoms. The summed E-state index contributed by atoms with van der Waals surface area (Å²) in [6.45, 7) is 6.85. The number of aryl methyl sites for hydroxylation is 1. The molecule has 1 unspecified atom stereocenters. The second-order valence-electron chi connectivity index (χ2n) is 5.85. The van der Waals surface area contributed by atoms with Crippen molar-refractivity contribution in [2.45, 2.75) is 65.4 Å². The largest absolute Gasteiger partial charge is 0.391 e. The summed E-state index contributed by atoms with van der Waals surface area (Å²) in [6.07, 6.45) is 8.69. The molecule has 1 aliphatic rings. The van der Waals surface area contributed by atoms with Crippen LogP contribution < -0.4 is 4.90 Å². The highest BCUT2D eigenvalue weighted by Gasteiger charge is 2.20. The maximum atomic E-state index is 9.48. The smallest absolute Gasteiger partial charge is 0.185 e. The lowest BCUT2D eigenvalue weighted by Crippen LogP contribution is -2.24. The third-order valence-electron chi connectivity index (χ3n) is 4.21. The van der Waals surface area contributed by atoms with Gasteiger partial charge in [-0.15, -0.1) is 0 Å². The zero-order chi connectivity index (χ0) is 14.4. The minimum atomic E-state index is 0.138. The molecule has 1 aromatic heterocycles. The molecule has 1 N–H and O–H groups in total. The standard InChI is InChI=1S/C16H28N2OS/c1-3-6-13-8-5-10-18(11-9-13)16-17-14(7-4-2)15(12-19)20-16/h13,19H,3-12H2,1-2H3. The molecular formula is C16H28N2OS. The molecule has 2 heterocycles. The number of thiazole rings is 1. The van der Waals surface area contributed by atoms with Gasteiger partial charge >= 0.3 is 0 Å². The normalized spacial score (nSPS) is 20.1. The van der Waals surface area contributed by atoms with Gasteiger partial charge in [0.25, 0.3) is 0 Å². The zero-order valence-corrected chi connectivity index (χ0v) is 13.7. The molecule has 0 bridgehead atoms. The van der Waals surface area contributed by atoms with Crippen molar-refractivity contribution in [3.8, 4) is 0 Å². The van der Waals surface area contributed by atoms with E-state index >= 15 is 0 Å². The lowest BCUT2D eigenvalue weighted by atomic mass is 9.96. The highest BCUT2D eigenvalue weighted by molar-refractivity contribution is 7.15. The molecule has 0 spiro atoms. The zero-order valence-electron chi connectivity index (χ0n) is 12.9. The molecule has 1 fully saturated rings. The minimum Gasteiger partial charge on any atom is -0.391 e. The molecule has 0 radical (unpaired) electrons. The van der Waals surface area contributed by atoms with Gasteiger partial charge in [0.2, 0.25) is 0 Å². The first-order valence-corrected chi connectivity index (χ1v) is 8.94. The molecule has 1 aliphatic heterocycles. The maximum absolute atomic E-state index is 9.48. The van der Waals surface area contributed by atoms with Gasteiger partial charge in [-0.2, -0.15) is 0 Å². The van der Waals surface area contributed by atoms with E-state index in [4.69, 9.17) is 4.98 Å². The molecule has 0 aromatic carbocycles. The van der Waals surface area contributed by atoms with E-state index < -0.39 is 0 Å². The van der Waals surface area contributed by atoms with Crippen molar-refractivity contribution in [1.82, 2.24) is 4.98 Å². The van der Waals surface area contributed by atoms with Gasteiger partial charge < -0.3 is 10.0 Å². The van der Waals surface area contributed by atoms with Gasteiger partial charge in [0.1, 0.15) is 0 Å². The summed E-state index contributed by atoms with van der Waals surface area (Å²) in [5.74, 6) is 0.900. The first kappa shape index (κ1) is 15.8. The number of rotatable bonds is 6. The van der Waals surface area contributed by atoms with Gasteiger partial charge in [-0.05, 0) is 31.6 Å². The van der Waals surface area contributed by atoms with Gasteiger partial charge in [-0.3, -0.25) is 0 Å². The minimum absolute atomic E-state index is 0.138. The Hall–Kier alpha value is -0.610. The Morgan fingerprint density at radius 1 is 1.25 bits per heavy atom. The fraction of sp³-hybridized carbons (Fsp3) is 0.812. The molecular weight excluding hydrogens is 268 g/mol. The highest BCUT2D eigenvalue weighted by atomic mass is 32.1. The van der Waals surface area contributed by atoms with E-state index in [0.29, 0.717) is 0 Å². The summed E-state index contributed by atoms with van der Waals surface area (Å²) in [7, 11) is 0. The quantitative estimate of drug-likeness (QED) is 0.862. The van der Waals surface area contributed by atoms with Crippen LogP contribution >= 0.6 is 11.3 Å².